The number of benzene rings is 2. The summed E-state index contributed by atoms with van der Waals surface area (Å²) < 4.78 is 40.0. The van der Waals surface area contributed by atoms with Crippen molar-refractivity contribution in [3.8, 4) is 0 Å². The average molecular weight is 564 g/mol. The second kappa shape index (κ2) is 12.2. The average Bonchev–Trinajstić information content (AvgIpc) is 3.23. The Hall–Kier alpha value is -1.95. The molecule has 0 bridgehead atoms. The number of hydrogen-bond donors (Lipinski definition) is 2. The van der Waals surface area contributed by atoms with Crippen LogP contribution in [0.2, 0.25) is 0 Å². The molecule has 1 unspecified atom stereocenters. The molecular formula is C21H24F3IN4OS. The van der Waals surface area contributed by atoms with E-state index in [9.17, 15) is 18.0 Å². The van der Waals surface area contributed by atoms with Crippen LogP contribution < -0.4 is 10.6 Å². The first kappa shape index (κ1) is 25.3. The maximum Gasteiger partial charge on any atom is 0.243 e. The minimum Gasteiger partial charge on any atom is -0.347 e. The Kier molecular flexibility index (Phi) is 9.94. The third-order valence-electron chi connectivity index (χ3n) is 4.74. The largest absolute Gasteiger partial charge is 0.347 e. The lowest BCUT2D eigenvalue weighted by atomic mass is 10.2. The number of nitrogens with one attached hydrogen (secondary N) is 2. The normalized spacial score (nSPS) is 16.1. The highest BCUT2D eigenvalue weighted by atomic mass is 127. The Balaban J connectivity index is 0.00000341. The van der Waals surface area contributed by atoms with Crippen LogP contribution in [-0.2, 0) is 4.79 Å². The van der Waals surface area contributed by atoms with Crippen LogP contribution in [0.3, 0.4) is 0 Å². The molecule has 0 aromatic heterocycles. The van der Waals surface area contributed by atoms with Gasteiger partial charge in [-0.25, -0.2) is 13.2 Å². The molecule has 0 radical (unpaired) electrons. The van der Waals surface area contributed by atoms with Gasteiger partial charge in [0.05, 0.1) is 12.2 Å². The molecule has 1 heterocycles. The molecule has 1 saturated heterocycles. The molecule has 1 fully saturated rings. The number of carbonyl (C=O) groups is 1. The van der Waals surface area contributed by atoms with Gasteiger partial charge in [-0.2, -0.15) is 0 Å². The van der Waals surface area contributed by atoms with E-state index in [-0.39, 0.29) is 30.5 Å². The van der Waals surface area contributed by atoms with Crippen molar-refractivity contribution < 1.29 is 18.0 Å². The van der Waals surface area contributed by atoms with Crippen molar-refractivity contribution in [2.24, 2.45) is 10.9 Å². The maximum atomic E-state index is 13.7. The van der Waals surface area contributed by atoms with Gasteiger partial charge in [-0.3, -0.25) is 9.79 Å². The molecule has 1 amide bonds. The molecule has 3 rings (SSSR count). The van der Waals surface area contributed by atoms with E-state index in [4.69, 9.17) is 0 Å². The van der Waals surface area contributed by atoms with Crippen LogP contribution in [0.1, 0.15) is 6.42 Å². The van der Waals surface area contributed by atoms with Crippen molar-refractivity contribution in [3.63, 3.8) is 0 Å². The fourth-order valence-electron chi connectivity index (χ4n) is 3.20. The molecule has 1 aliphatic heterocycles. The number of amides is 1. The van der Waals surface area contributed by atoms with E-state index in [2.05, 4.69) is 32.7 Å². The molecular weight excluding hydrogens is 540 g/mol. The van der Waals surface area contributed by atoms with Gasteiger partial charge in [0.2, 0.25) is 5.91 Å². The minimum absolute atomic E-state index is 0. The first-order chi connectivity index (χ1) is 14.5. The second-order valence-corrected chi connectivity index (χ2v) is 7.99. The van der Waals surface area contributed by atoms with Gasteiger partial charge in [0.1, 0.15) is 0 Å². The monoisotopic (exact) mass is 564 g/mol. The maximum absolute atomic E-state index is 13.7. The number of hydrogen-bond acceptors (Lipinski definition) is 3. The Morgan fingerprint density at radius 1 is 1.16 bits per heavy atom. The third-order valence-corrected chi connectivity index (χ3v) is 5.99. The zero-order valence-corrected chi connectivity index (χ0v) is 20.1. The highest BCUT2D eigenvalue weighted by molar-refractivity contribution is 14.0. The van der Waals surface area contributed by atoms with Gasteiger partial charge in [0, 0.05) is 30.8 Å². The number of aliphatic imine (C=N–C) groups is 1. The van der Waals surface area contributed by atoms with Gasteiger partial charge >= 0.3 is 0 Å². The highest BCUT2D eigenvalue weighted by Crippen LogP contribution is 2.26. The van der Waals surface area contributed by atoms with Crippen molar-refractivity contribution in [2.75, 3.05) is 37.8 Å². The van der Waals surface area contributed by atoms with E-state index in [1.807, 2.05) is 30.0 Å². The van der Waals surface area contributed by atoms with E-state index < -0.39 is 29.0 Å². The molecule has 0 saturated carbocycles. The summed E-state index contributed by atoms with van der Waals surface area (Å²) in [7, 11) is 1.63. The number of nitrogens with zero attached hydrogens (tertiary/aromatic N) is 2. The number of rotatable bonds is 6. The van der Waals surface area contributed by atoms with E-state index in [0.717, 1.165) is 37.4 Å². The summed E-state index contributed by atoms with van der Waals surface area (Å²) in [5, 5.41) is 5.17. The molecule has 0 spiro atoms. The molecule has 1 atom stereocenters. The molecule has 2 aromatic rings. The summed E-state index contributed by atoms with van der Waals surface area (Å²) >= 11 is 1.82. The van der Waals surface area contributed by atoms with E-state index in [1.54, 1.807) is 7.05 Å². The summed E-state index contributed by atoms with van der Waals surface area (Å²) in [6, 6.07) is 12.0. The SMILES string of the molecule is CN=C(NCC(=O)Nc1ccc(F)c(F)c1F)N1CCC(CSc2ccccc2)C1.I. The van der Waals surface area contributed by atoms with Gasteiger partial charge in [0.15, 0.2) is 23.4 Å². The fourth-order valence-corrected chi connectivity index (χ4v) is 4.25. The van der Waals surface area contributed by atoms with Gasteiger partial charge in [-0.1, -0.05) is 18.2 Å². The fraction of sp³-hybridized carbons (Fsp3) is 0.333. The smallest absolute Gasteiger partial charge is 0.243 e. The lowest BCUT2D eigenvalue weighted by molar-refractivity contribution is -0.115. The third kappa shape index (κ3) is 7.03. The molecule has 1 aliphatic rings. The van der Waals surface area contributed by atoms with E-state index in [1.165, 1.54) is 4.90 Å². The first-order valence-corrected chi connectivity index (χ1v) is 10.5. The number of guanidine groups is 1. The Bertz CT molecular complexity index is 917. The predicted octanol–water partition coefficient (Wildman–Crippen LogP) is 4.35. The number of halogens is 4. The van der Waals surface area contributed by atoms with Crippen molar-refractivity contribution in [1.29, 1.82) is 0 Å². The minimum atomic E-state index is -1.62. The number of carbonyl (C=O) groups excluding carboxylic acids is 1. The summed E-state index contributed by atoms with van der Waals surface area (Å²) in [4.78, 5) is 19.6. The van der Waals surface area contributed by atoms with Crippen LogP contribution in [0.4, 0.5) is 18.9 Å². The Morgan fingerprint density at radius 3 is 2.61 bits per heavy atom. The zero-order valence-electron chi connectivity index (χ0n) is 16.9. The van der Waals surface area contributed by atoms with Gasteiger partial charge in [0.25, 0.3) is 0 Å². The van der Waals surface area contributed by atoms with Crippen LogP contribution in [0, 0.1) is 23.4 Å². The van der Waals surface area contributed by atoms with Crippen LogP contribution in [0.5, 0.6) is 0 Å². The quantitative estimate of drug-likeness (QED) is 0.180. The van der Waals surface area contributed by atoms with Gasteiger partial charge in [-0.05, 0) is 36.6 Å². The second-order valence-electron chi connectivity index (χ2n) is 6.90. The van der Waals surface area contributed by atoms with Crippen LogP contribution in [0.25, 0.3) is 0 Å². The van der Waals surface area contributed by atoms with Crippen molar-refractivity contribution in [3.05, 3.63) is 59.9 Å². The van der Waals surface area contributed by atoms with Crippen molar-refractivity contribution in [1.82, 2.24) is 10.2 Å². The number of anilines is 1. The van der Waals surface area contributed by atoms with Crippen LogP contribution >= 0.6 is 35.7 Å². The lowest BCUT2D eigenvalue weighted by Crippen LogP contribution is -2.43. The Labute approximate surface area is 200 Å². The molecule has 10 heteroatoms. The molecule has 0 aliphatic carbocycles. The molecule has 5 nitrogen and oxygen atoms in total. The molecule has 31 heavy (non-hydrogen) atoms. The van der Waals surface area contributed by atoms with Crippen molar-refractivity contribution >= 4 is 53.3 Å². The van der Waals surface area contributed by atoms with E-state index in [0.29, 0.717) is 11.9 Å². The Morgan fingerprint density at radius 2 is 1.90 bits per heavy atom. The number of thioether (sulfide) groups is 1. The summed E-state index contributed by atoms with van der Waals surface area (Å²) in [5.74, 6) is -2.87. The van der Waals surface area contributed by atoms with Crippen LogP contribution in [0.15, 0.2) is 52.4 Å². The lowest BCUT2D eigenvalue weighted by Gasteiger charge is -2.21. The summed E-state index contributed by atoms with van der Waals surface area (Å²) in [6.45, 7) is 1.46. The molecule has 168 valence electrons. The summed E-state index contributed by atoms with van der Waals surface area (Å²) in [5.41, 5.74) is -0.408. The van der Waals surface area contributed by atoms with Crippen molar-refractivity contribution in [2.45, 2.75) is 11.3 Å². The zero-order chi connectivity index (χ0) is 21.5. The number of likely N-dealkylation sites (tertiary alicyclic amines) is 1. The standard InChI is InChI=1S/C21H23F3N4OS.HI/c1-25-21(26-11-18(29)27-17-8-7-16(22)19(23)20(17)24)28-10-9-14(12-28)13-30-15-5-3-2-4-6-15;/h2-8,14H,9-13H2,1H3,(H,25,26)(H,27,29);1H. The highest BCUT2D eigenvalue weighted by Gasteiger charge is 2.25. The summed E-state index contributed by atoms with van der Waals surface area (Å²) in [6.07, 6.45) is 1.02. The molecule has 2 aromatic carbocycles. The van der Waals surface area contributed by atoms with Gasteiger partial charge < -0.3 is 15.5 Å². The van der Waals surface area contributed by atoms with Crippen LogP contribution in [-0.4, -0.2) is 49.2 Å². The topological polar surface area (TPSA) is 56.7 Å². The van der Waals surface area contributed by atoms with Gasteiger partial charge in [-0.15, -0.1) is 35.7 Å². The predicted molar refractivity (Wildman–Crippen MR) is 129 cm³/mol. The van der Waals surface area contributed by atoms with E-state index >= 15 is 0 Å². The molecule has 2 N–H and O–H groups in total. The first-order valence-electron chi connectivity index (χ1n) is 9.54.